The van der Waals surface area contributed by atoms with Gasteiger partial charge in [0, 0.05) is 24.8 Å². The van der Waals surface area contributed by atoms with E-state index in [1.165, 1.54) is 0 Å². The monoisotopic (exact) mass is 412 g/mol. The minimum absolute atomic E-state index is 0.1000. The van der Waals surface area contributed by atoms with E-state index >= 15 is 0 Å². The first kappa shape index (κ1) is 18.8. The van der Waals surface area contributed by atoms with Crippen molar-refractivity contribution in [1.29, 1.82) is 0 Å². The summed E-state index contributed by atoms with van der Waals surface area (Å²) in [7, 11) is -3.20. The Balaban J connectivity index is 1.48. The van der Waals surface area contributed by atoms with Gasteiger partial charge in [-0.3, -0.25) is 0 Å². The van der Waals surface area contributed by atoms with Gasteiger partial charge in [0.1, 0.15) is 11.8 Å². The smallest absolute Gasteiger partial charge is 0.181 e. The molecular weight excluding hydrogens is 388 g/mol. The number of benzene rings is 1. The van der Waals surface area contributed by atoms with Crippen molar-refractivity contribution in [3.8, 4) is 0 Å². The Morgan fingerprint density at radius 2 is 1.83 bits per heavy atom. The number of H-pyrrole nitrogens is 1. The number of aromatic nitrogens is 2. The topological polar surface area (TPSA) is 81.3 Å². The summed E-state index contributed by atoms with van der Waals surface area (Å²) in [5.74, 6) is 0. The largest absolute Gasteiger partial charge is 0.381 e. The maximum atomic E-state index is 12.5. The second kappa shape index (κ2) is 7.55. The molecule has 1 aliphatic heterocycles. The van der Waals surface area contributed by atoms with Crippen LogP contribution in [0.4, 0.5) is 0 Å². The number of pyridine rings is 1. The van der Waals surface area contributed by atoms with Crippen LogP contribution >= 0.6 is 0 Å². The fourth-order valence-electron chi connectivity index (χ4n) is 3.86. The summed E-state index contributed by atoms with van der Waals surface area (Å²) >= 11 is 0. The van der Waals surface area contributed by atoms with Crippen molar-refractivity contribution < 1.29 is 17.9 Å². The molecule has 0 spiro atoms. The van der Waals surface area contributed by atoms with Gasteiger partial charge in [0.25, 0.3) is 0 Å². The number of rotatable bonds is 6. The molecule has 1 aliphatic carbocycles. The SMILES string of the molecule is O=S(=O)(c1ccc(C(OC2CCOCC2)c2cc3cccnc3[nH]2)cc1)C1CC1. The van der Waals surface area contributed by atoms with E-state index in [0.717, 1.165) is 48.0 Å². The van der Waals surface area contributed by atoms with Crippen molar-refractivity contribution >= 4 is 20.9 Å². The van der Waals surface area contributed by atoms with Gasteiger partial charge in [0.2, 0.25) is 0 Å². The Labute approximate surface area is 170 Å². The van der Waals surface area contributed by atoms with E-state index < -0.39 is 9.84 Å². The normalized spacial score (nSPS) is 19.4. The molecule has 1 atom stereocenters. The van der Waals surface area contributed by atoms with Gasteiger partial charge in [-0.2, -0.15) is 0 Å². The van der Waals surface area contributed by atoms with Crippen molar-refractivity contribution in [3.05, 3.63) is 59.9 Å². The van der Waals surface area contributed by atoms with Gasteiger partial charge in [-0.1, -0.05) is 12.1 Å². The molecule has 1 saturated carbocycles. The van der Waals surface area contributed by atoms with Crippen LogP contribution in [0.3, 0.4) is 0 Å². The fourth-order valence-corrected chi connectivity index (χ4v) is 5.52. The molecule has 2 fully saturated rings. The Morgan fingerprint density at radius 1 is 1.07 bits per heavy atom. The van der Waals surface area contributed by atoms with E-state index in [9.17, 15) is 8.42 Å². The first-order valence-electron chi connectivity index (χ1n) is 10.1. The molecule has 5 rings (SSSR count). The number of aromatic amines is 1. The van der Waals surface area contributed by atoms with Gasteiger partial charge in [0.05, 0.1) is 21.9 Å². The van der Waals surface area contributed by atoms with E-state index in [2.05, 4.69) is 16.0 Å². The van der Waals surface area contributed by atoms with Gasteiger partial charge < -0.3 is 14.5 Å². The van der Waals surface area contributed by atoms with Crippen molar-refractivity contribution in [2.75, 3.05) is 13.2 Å². The summed E-state index contributed by atoms with van der Waals surface area (Å²) in [5.41, 5.74) is 2.66. The van der Waals surface area contributed by atoms with Crippen LogP contribution in [0.2, 0.25) is 0 Å². The van der Waals surface area contributed by atoms with Crippen molar-refractivity contribution in [1.82, 2.24) is 9.97 Å². The summed E-state index contributed by atoms with van der Waals surface area (Å²) in [6.07, 6.45) is 4.78. The number of nitrogens with one attached hydrogen (secondary N) is 1. The number of hydrogen-bond donors (Lipinski definition) is 1. The van der Waals surface area contributed by atoms with Crippen LogP contribution in [0.1, 0.15) is 43.0 Å². The van der Waals surface area contributed by atoms with Crippen LogP contribution in [0.15, 0.2) is 53.6 Å². The predicted molar refractivity (Wildman–Crippen MR) is 110 cm³/mol. The molecule has 2 aliphatic rings. The van der Waals surface area contributed by atoms with Crippen molar-refractivity contribution in [2.45, 2.75) is 48.0 Å². The highest BCUT2D eigenvalue weighted by molar-refractivity contribution is 7.92. The summed E-state index contributed by atoms with van der Waals surface area (Å²) in [5, 5.41) is 0.818. The average Bonchev–Trinajstić information content (AvgIpc) is 3.53. The third-order valence-corrected chi connectivity index (χ3v) is 7.94. The van der Waals surface area contributed by atoms with Crippen molar-refractivity contribution in [2.24, 2.45) is 0 Å². The molecule has 152 valence electrons. The van der Waals surface area contributed by atoms with E-state index in [0.29, 0.717) is 18.1 Å². The molecule has 6 nitrogen and oxygen atoms in total. The molecule has 1 unspecified atom stereocenters. The number of hydrogen-bond acceptors (Lipinski definition) is 5. The first-order chi connectivity index (χ1) is 14.1. The lowest BCUT2D eigenvalue weighted by Gasteiger charge is -2.27. The molecular formula is C22H24N2O4S. The van der Waals surface area contributed by atoms with Gasteiger partial charge in [-0.25, -0.2) is 13.4 Å². The highest BCUT2D eigenvalue weighted by atomic mass is 32.2. The standard InChI is InChI=1S/C22H24N2O4S/c25-29(26,19-7-8-19)18-5-3-15(4-6-18)21(28-17-9-12-27-13-10-17)20-14-16-2-1-11-23-22(16)24-20/h1-6,11,14,17,19,21H,7-10,12-13H2,(H,23,24). The second-order valence-corrected chi connectivity index (χ2v) is 10.0. The quantitative estimate of drug-likeness (QED) is 0.666. The highest BCUT2D eigenvalue weighted by Crippen LogP contribution is 2.35. The second-order valence-electron chi connectivity index (χ2n) is 7.81. The van der Waals surface area contributed by atoms with Crippen LogP contribution in [-0.4, -0.2) is 43.0 Å². The van der Waals surface area contributed by atoms with E-state index in [1.54, 1.807) is 18.3 Å². The maximum Gasteiger partial charge on any atom is 0.181 e. The molecule has 0 bridgehead atoms. The fraction of sp³-hybridized carbons (Fsp3) is 0.409. The molecule has 1 saturated heterocycles. The Morgan fingerprint density at radius 3 is 2.52 bits per heavy atom. The van der Waals surface area contributed by atoms with Crippen LogP contribution in [0.5, 0.6) is 0 Å². The van der Waals surface area contributed by atoms with Gasteiger partial charge in [-0.15, -0.1) is 0 Å². The van der Waals surface area contributed by atoms with Gasteiger partial charge in [0.15, 0.2) is 9.84 Å². The Bertz CT molecular complexity index is 1060. The Hall–Kier alpha value is -2.22. The lowest BCUT2D eigenvalue weighted by atomic mass is 10.0. The summed E-state index contributed by atoms with van der Waals surface area (Å²) < 4.78 is 37.0. The summed E-state index contributed by atoms with van der Waals surface area (Å²) in [4.78, 5) is 8.15. The number of nitrogens with zero attached hydrogens (tertiary/aromatic N) is 1. The highest BCUT2D eigenvalue weighted by Gasteiger charge is 2.37. The molecule has 7 heteroatoms. The molecule has 2 aromatic heterocycles. The summed E-state index contributed by atoms with van der Waals surface area (Å²) in [6.45, 7) is 1.40. The molecule has 29 heavy (non-hydrogen) atoms. The molecule has 3 aromatic rings. The van der Waals surface area contributed by atoms with E-state index in [-0.39, 0.29) is 17.5 Å². The number of fused-ring (bicyclic) bond motifs is 1. The average molecular weight is 413 g/mol. The van der Waals surface area contributed by atoms with Crippen molar-refractivity contribution in [3.63, 3.8) is 0 Å². The minimum atomic E-state index is -3.20. The van der Waals surface area contributed by atoms with Gasteiger partial charge in [-0.05, 0) is 61.6 Å². The lowest BCUT2D eigenvalue weighted by Crippen LogP contribution is -2.25. The Kier molecular flexibility index (Phi) is 4.89. The van der Waals surface area contributed by atoms with Crippen LogP contribution in [0, 0.1) is 0 Å². The number of sulfone groups is 1. The molecule has 1 N–H and O–H groups in total. The minimum Gasteiger partial charge on any atom is -0.381 e. The predicted octanol–water partition coefficient (Wildman–Crippen LogP) is 3.78. The van der Waals surface area contributed by atoms with E-state index in [1.807, 2.05) is 24.3 Å². The van der Waals surface area contributed by atoms with Crippen LogP contribution in [0.25, 0.3) is 11.0 Å². The third kappa shape index (κ3) is 3.82. The number of ether oxygens (including phenoxy) is 2. The zero-order valence-corrected chi connectivity index (χ0v) is 16.9. The van der Waals surface area contributed by atoms with Crippen LogP contribution in [-0.2, 0) is 19.3 Å². The first-order valence-corrected chi connectivity index (χ1v) is 11.7. The lowest BCUT2D eigenvalue weighted by molar-refractivity contribution is -0.0577. The third-order valence-electron chi connectivity index (χ3n) is 5.67. The molecule has 0 amide bonds. The maximum absolute atomic E-state index is 12.5. The zero-order chi connectivity index (χ0) is 19.8. The van der Waals surface area contributed by atoms with Gasteiger partial charge >= 0.3 is 0 Å². The zero-order valence-electron chi connectivity index (χ0n) is 16.1. The van der Waals surface area contributed by atoms with E-state index in [4.69, 9.17) is 9.47 Å². The molecule has 3 heterocycles. The van der Waals surface area contributed by atoms with Crippen LogP contribution < -0.4 is 0 Å². The molecule has 0 radical (unpaired) electrons. The molecule has 1 aromatic carbocycles. The summed E-state index contributed by atoms with van der Waals surface area (Å²) in [6, 6.07) is 13.1.